The highest BCUT2D eigenvalue weighted by Gasteiger charge is 2.27. The summed E-state index contributed by atoms with van der Waals surface area (Å²) in [6, 6.07) is 14.3. The van der Waals surface area contributed by atoms with Crippen molar-refractivity contribution in [1.29, 1.82) is 0 Å². The molecule has 0 aliphatic carbocycles. The van der Waals surface area contributed by atoms with Gasteiger partial charge in [0.25, 0.3) is 5.91 Å². The topological polar surface area (TPSA) is 58.6 Å². The smallest absolute Gasteiger partial charge is 0.261 e. The average Bonchev–Trinajstić information content (AvgIpc) is 2.70. The van der Waals surface area contributed by atoms with Gasteiger partial charge < -0.3 is 15.0 Å². The molecule has 0 aliphatic heterocycles. The van der Waals surface area contributed by atoms with E-state index in [1.54, 1.807) is 13.0 Å². The normalized spacial score (nSPS) is 12.0. The standard InChI is InChI=1S/C24H31ClN2O3/c1-16(2)19-10-12-21(13-11-19)30-15-23(28)27(18(5)24(29)26-17(3)4)14-20-8-6-7-9-22(20)25/h6-13,16-18H,14-15H2,1-5H3,(H,26,29)/t18-/m0/s1. The summed E-state index contributed by atoms with van der Waals surface area (Å²) in [5.74, 6) is 0.540. The number of rotatable bonds is 9. The molecule has 162 valence electrons. The number of amides is 2. The Morgan fingerprint density at radius 1 is 1.00 bits per heavy atom. The molecule has 0 saturated carbocycles. The van der Waals surface area contributed by atoms with Gasteiger partial charge in [0.1, 0.15) is 11.8 Å². The van der Waals surface area contributed by atoms with Crippen LogP contribution in [0.3, 0.4) is 0 Å². The van der Waals surface area contributed by atoms with Crippen molar-refractivity contribution in [1.82, 2.24) is 10.2 Å². The van der Waals surface area contributed by atoms with E-state index in [4.69, 9.17) is 16.3 Å². The molecule has 6 heteroatoms. The van der Waals surface area contributed by atoms with Crippen LogP contribution < -0.4 is 10.1 Å². The minimum atomic E-state index is -0.664. The zero-order valence-electron chi connectivity index (χ0n) is 18.3. The molecule has 0 aliphatic rings. The first-order chi connectivity index (χ1) is 14.2. The quantitative estimate of drug-likeness (QED) is 0.622. The van der Waals surface area contributed by atoms with Crippen LogP contribution in [0.1, 0.15) is 51.7 Å². The third-order valence-corrected chi connectivity index (χ3v) is 5.17. The van der Waals surface area contributed by atoms with E-state index in [9.17, 15) is 9.59 Å². The van der Waals surface area contributed by atoms with Gasteiger partial charge in [0, 0.05) is 17.6 Å². The molecule has 1 atom stereocenters. The van der Waals surface area contributed by atoms with Crippen molar-refractivity contribution in [2.75, 3.05) is 6.61 Å². The molecule has 2 amide bonds. The van der Waals surface area contributed by atoms with Gasteiger partial charge in [-0.2, -0.15) is 0 Å². The van der Waals surface area contributed by atoms with E-state index in [-0.39, 0.29) is 31.0 Å². The molecule has 0 bridgehead atoms. The maximum Gasteiger partial charge on any atom is 0.261 e. The second-order valence-corrected chi connectivity index (χ2v) is 8.37. The first-order valence-corrected chi connectivity index (χ1v) is 10.6. The Hall–Kier alpha value is -2.53. The third-order valence-electron chi connectivity index (χ3n) is 4.81. The van der Waals surface area contributed by atoms with Gasteiger partial charge in [-0.15, -0.1) is 0 Å². The van der Waals surface area contributed by atoms with E-state index in [1.807, 2.05) is 56.3 Å². The molecule has 1 N–H and O–H groups in total. The van der Waals surface area contributed by atoms with Crippen molar-refractivity contribution in [3.8, 4) is 5.75 Å². The van der Waals surface area contributed by atoms with Gasteiger partial charge in [0.2, 0.25) is 5.91 Å². The Kier molecular flexibility index (Phi) is 8.72. The summed E-state index contributed by atoms with van der Waals surface area (Å²) in [4.78, 5) is 27.1. The maximum atomic E-state index is 13.0. The van der Waals surface area contributed by atoms with Crippen LogP contribution in [0.4, 0.5) is 0 Å². The number of carbonyl (C=O) groups is 2. The second kappa shape index (κ2) is 11.0. The lowest BCUT2D eigenvalue weighted by molar-refractivity contribution is -0.142. The van der Waals surface area contributed by atoms with E-state index in [1.165, 1.54) is 10.5 Å². The minimum Gasteiger partial charge on any atom is -0.484 e. The van der Waals surface area contributed by atoms with E-state index in [2.05, 4.69) is 19.2 Å². The van der Waals surface area contributed by atoms with E-state index >= 15 is 0 Å². The summed E-state index contributed by atoms with van der Waals surface area (Å²) in [5, 5.41) is 3.41. The molecular weight excluding hydrogens is 400 g/mol. The van der Waals surface area contributed by atoms with Crippen molar-refractivity contribution in [3.05, 3.63) is 64.7 Å². The number of benzene rings is 2. The van der Waals surface area contributed by atoms with E-state index in [0.29, 0.717) is 16.7 Å². The Morgan fingerprint density at radius 2 is 1.63 bits per heavy atom. The van der Waals surface area contributed by atoms with E-state index in [0.717, 1.165) is 5.56 Å². The van der Waals surface area contributed by atoms with Gasteiger partial charge in [0.15, 0.2) is 6.61 Å². The highest BCUT2D eigenvalue weighted by atomic mass is 35.5. The molecule has 0 heterocycles. The van der Waals surface area contributed by atoms with Crippen LogP contribution in [-0.2, 0) is 16.1 Å². The van der Waals surface area contributed by atoms with Gasteiger partial charge in [0.05, 0.1) is 0 Å². The summed E-state index contributed by atoms with van der Waals surface area (Å²) in [6.45, 7) is 9.78. The van der Waals surface area contributed by atoms with Crippen LogP contribution in [0.2, 0.25) is 5.02 Å². The van der Waals surface area contributed by atoms with E-state index < -0.39 is 6.04 Å². The zero-order valence-corrected chi connectivity index (χ0v) is 19.1. The van der Waals surface area contributed by atoms with Crippen LogP contribution >= 0.6 is 11.6 Å². The number of carbonyl (C=O) groups excluding carboxylic acids is 2. The molecule has 0 radical (unpaired) electrons. The molecule has 2 aromatic carbocycles. The molecule has 0 unspecified atom stereocenters. The lowest BCUT2D eigenvalue weighted by Gasteiger charge is -2.29. The molecule has 0 aromatic heterocycles. The third kappa shape index (κ3) is 6.77. The van der Waals surface area contributed by atoms with Gasteiger partial charge in [-0.05, 0) is 56.0 Å². The molecular formula is C24H31ClN2O3. The number of hydrogen-bond acceptors (Lipinski definition) is 3. The number of hydrogen-bond donors (Lipinski definition) is 1. The minimum absolute atomic E-state index is 0.0204. The summed E-state index contributed by atoms with van der Waals surface area (Å²) >= 11 is 6.29. The predicted octanol–water partition coefficient (Wildman–Crippen LogP) is 4.78. The molecule has 0 fully saturated rings. The SMILES string of the molecule is CC(C)NC(=O)[C@H](C)N(Cc1ccccc1Cl)C(=O)COc1ccc(C(C)C)cc1. The maximum absolute atomic E-state index is 13.0. The largest absolute Gasteiger partial charge is 0.484 e. The van der Waals surface area contributed by atoms with Crippen molar-refractivity contribution in [3.63, 3.8) is 0 Å². The Bertz CT molecular complexity index is 850. The summed E-state index contributed by atoms with van der Waals surface area (Å²) in [7, 11) is 0. The van der Waals surface area contributed by atoms with Crippen molar-refractivity contribution >= 4 is 23.4 Å². The van der Waals surface area contributed by atoms with Crippen molar-refractivity contribution in [2.45, 2.75) is 59.2 Å². The highest BCUT2D eigenvalue weighted by molar-refractivity contribution is 6.31. The highest BCUT2D eigenvalue weighted by Crippen LogP contribution is 2.20. The van der Waals surface area contributed by atoms with Gasteiger partial charge in [-0.1, -0.05) is 55.8 Å². The summed E-state index contributed by atoms with van der Waals surface area (Å²) in [6.07, 6.45) is 0. The molecule has 2 rings (SSSR count). The number of halogens is 1. The fraction of sp³-hybridized carbons (Fsp3) is 0.417. The van der Waals surface area contributed by atoms with Crippen LogP contribution in [0.25, 0.3) is 0 Å². The number of ether oxygens (including phenoxy) is 1. The second-order valence-electron chi connectivity index (χ2n) is 7.96. The first kappa shape index (κ1) is 23.7. The van der Waals surface area contributed by atoms with Gasteiger partial charge in [-0.3, -0.25) is 9.59 Å². The lowest BCUT2D eigenvalue weighted by atomic mass is 10.0. The number of nitrogens with one attached hydrogen (secondary N) is 1. The molecule has 30 heavy (non-hydrogen) atoms. The van der Waals surface area contributed by atoms with Crippen molar-refractivity contribution < 1.29 is 14.3 Å². The number of nitrogens with zero attached hydrogens (tertiary/aromatic N) is 1. The zero-order chi connectivity index (χ0) is 22.3. The Labute approximate surface area is 184 Å². The molecule has 2 aromatic rings. The Morgan fingerprint density at radius 3 is 2.20 bits per heavy atom. The first-order valence-electron chi connectivity index (χ1n) is 10.2. The summed E-state index contributed by atoms with van der Waals surface area (Å²) in [5.41, 5.74) is 1.98. The van der Waals surface area contributed by atoms with Gasteiger partial charge >= 0.3 is 0 Å². The van der Waals surface area contributed by atoms with Crippen LogP contribution in [0.15, 0.2) is 48.5 Å². The fourth-order valence-corrected chi connectivity index (χ4v) is 3.17. The Balaban J connectivity index is 2.14. The fourth-order valence-electron chi connectivity index (χ4n) is 2.97. The molecule has 0 spiro atoms. The monoisotopic (exact) mass is 430 g/mol. The molecule has 0 saturated heterocycles. The molecule has 5 nitrogen and oxygen atoms in total. The van der Waals surface area contributed by atoms with Gasteiger partial charge in [-0.25, -0.2) is 0 Å². The lowest BCUT2D eigenvalue weighted by Crippen LogP contribution is -2.50. The van der Waals surface area contributed by atoms with Crippen LogP contribution in [-0.4, -0.2) is 35.4 Å². The summed E-state index contributed by atoms with van der Waals surface area (Å²) < 4.78 is 5.71. The average molecular weight is 431 g/mol. The van der Waals surface area contributed by atoms with Crippen molar-refractivity contribution in [2.24, 2.45) is 0 Å². The van der Waals surface area contributed by atoms with Crippen LogP contribution in [0.5, 0.6) is 5.75 Å². The van der Waals surface area contributed by atoms with Crippen LogP contribution in [0, 0.1) is 0 Å². The predicted molar refractivity (Wildman–Crippen MR) is 121 cm³/mol.